The zero-order chi connectivity index (χ0) is 26.6. The molecule has 2 heterocycles. The number of amides is 1. The summed E-state index contributed by atoms with van der Waals surface area (Å²) in [5.41, 5.74) is 6.28. The lowest BCUT2D eigenvalue weighted by Gasteiger charge is -2.10. The molecular weight excluding hydrogens is 494 g/mol. The van der Waals surface area contributed by atoms with Crippen molar-refractivity contribution in [3.05, 3.63) is 102 Å². The molecular formula is C30H27N5O2S. The lowest BCUT2D eigenvalue weighted by atomic mass is 10.0. The van der Waals surface area contributed by atoms with Crippen molar-refractivity contribution in [3.8, 4) is 17.0 Å². The molecule has 3 aromatic carbocycles. The van der Waals surface area contributed by atoms with Crippen LogP contribution in [0.3, 0.4) is 0 Å². The summed E-state index contributed by atoms with van der Waals surface area (Å²) >= 11 is 5.37. The monoisotopic (exact) mass is 521 g/mol. The van der Waals surface area contributed by atoms with E-state index in [0.717, 1.165) is 33.8 Å². The highest BCUT2D eigenvalue weighted by atomic mass is 32.1. The van der Waals surface area contributed by atoms with E-state index in [9.17, 15) is 4.79 Å². The Morgan fingerprint density at radius 3 is 2.39 bits per heavy atom. The van der Waals surface area contributed by atoms with Crippen LogP contribution in [0.25, 0.3) is 34.1 Å². The van der Waals surface area contributed by atoms with Gasteiger partial charge in [-0.1, -0.05) is 56.3 Å². The number of furan rings is 1. The van der Waals surface area contributed by atoms with Crippen LogP contribution in [0.4, 0.5) is 5.69 Å². The first-order chi connectivity index (χ1) is 18.4. The Labute approximate surface area is 226 Å². The van der Waals surface area contributed by atoms with E-state index in [4.69, 9.17) is 16.6 Å². The highest BCUT2D eigenvalue weighted by molar-refractivity contribution is 7.80. The topological polar surface area (TPSA) is 85.0 Å². The Kier molecular flexibility index (Phi) is 7.15. The van der Waals surface area contributed by atoms with Gasteiger partial charge in [-0.15, -0.1) is 10.2 Å². The molecule has 0 saturated heterocycles. The molecule has 1 amide bonds. The predicted octanol–water partition coefficient (Wildman–Crippen LogP) is 6.64. The number of anilines is 1. The van der Waals surface area contributed by atoms with Crippen LogP contribution < -0.4 is 10.6 Å². The van der Waals surface area contributed by atoms with Crippen LogP contribution in [-0.4, -0.2) is 26.0 Å². The Hall–Kier alpha value is -4.56. The molecule has 7 nitrogen and oxygen atoms in total. The van der Waals surface area contributed by atoms with Crippen molar-refractivity contribution < 1.29 is 9.21 Å². The molecule has 0 aliphatic heterocycles. The molecule has 0 unspecified atom stereocenters. The van der Waals surface area contributed by atoms with Crippen LogP contribution in [0.1, 0.15) is 36.7 Å². The highest BCUT2D eigenvalue weighted by Crippen LogP contribution is 2.24. The molecule has 190 valence electrons. The quantitative estimate of drug-likeness (QED) is 0.193. The molecule has 0 aliphatic carbocycles. The molecule has 0 atom stereocenters. The molecule has 5 aromatic rings. The summed E-state index contributed by atoms with van der Waals surface area (Å²) in [5, 5.41) is 15.2. The number of rotatable bonds is 6. The van der Waals surface area contributed by atoms with E-state index in [2.05, 4.69) is 46.8 Å². The number of hydrogen-bond acceptors (Lipinski definition) is 5. The number of aromatic nitrogens is 3. The van der Waals surface area contributed by atoms with Gasteiger partial charge in [0.1, 0.15) is 22.6 Å². The van der Waals surface area contributed by atoms with Crippen LogP contribution in [0.2, 0.25) is 0 Å². The van der Waals surface area contributed by atoms with Crippen LogP contribution in [0.5, 0.6) is 0 Å². The number of benzene rings is 3. The first-order valence-corrected chi connectivity index (χ1v) is 12.7. The second kappa shape index (κ2) is 10.8. The van der Waals surface area contributed by atoms with Crippen molar-refractivity contribution >= 4 is 46.0 Å². The molecule has 2 N–H and O–H groups in total. The maximum absolute atomic E-state index is 12.4. The summed E-state index contributed by atoms with van der Waals surface area (Å²) < 4.78 is 5.80. The van der Waals surface area contributed by atoms with Crippen molar-refractivity contribution in [2.45, 2.75) is 26.7 Å². The van der Waals surface area contributed by atoms with E-state index in [1.165, 1.54) is 11.6 Å². The van der Waals surface area contributed by atoms with Gasteiger partial charge < -0.3 is 9.73 Å². The van der Waals surface area contributed by atoms with E-state index >= 15 is 0 Å². The van der Waals surface area contributed by atoms with E-state index in [-0.39, 0.29) is 11.0 Å². The fraction of sp³-hybridized carbons (Fsp3) is 0.133. The van der Waals surface area contributed by atoms with Gasteiger partial charge in [0.25, 0.3) is 0 Å². The summed E-state index contributed by atoms with van der Waals surface area (Å²) in [6.07, 6.45) is 2.99. The molecule has 0 saturated carbocycles. The highest BCUT2D eigenvalue weighted by Gasteiger charge is 2.11. The Bertz CT molecular complexity index is 1630. The molecule has 38 heavy (non-hydrogen) atoms. The van der Waals surface area contributed by atoms with Gasteiger partial charge in [0.05, 0.1) is 5.69 Å². The van der Waals surface area contributed by atoms with Crippen molar-refractivity contribution in [1.82, 2.24) is 20.3 Å². The van der Waals surface area contributed by atoms with Crippen molar-refractivity contribution in [1.29, 1.82) is 0 Å². The predicted molar refractivity (Wildman–Crippen MR) is 155 cm³/mol. The zero-order valence-electron chi connectivity index (χ0n) is 21.3. The third-order valence-electron chi connectivity index (χ3n) is 6.09. The number of nitrogens with zero attached hydrogens (tertiary/aromatic N) is 3. The lowest BCUT2D eigenvalue weighted by molar-refractivity contribution is -0.115. The Morgan fingerprint density at radius 1 is 0.974 bits per heavy atom. The maximum Gasteiger partial charge on any atom is 0.250 e. The average molecular weight is 522 g/mol. The first-order valence-electron chi connectivity index (χ1n) is 12.3. The minimum atomic E-state index is -0.366. The maximum atomic E-state index is 12.4. The van der Waals surface area contributed by atoms with Gasteiger partial charge in [0, 0.05) is 17.3 Å². The van der Waals surface area contributed by atoms with Crippen LogP contribution in [0, 0.1) is 6.92 Å². The fourth-order valence-corrected chi connectivity index (χ4v) is 4.19. The number of fused-ring (bicyclic) bond motifs is 1. The summed E-state index contributed by atoms with van der Waals surface area (Å²) in [4.78, 5) is 14.1. The van der Waals surface area contributed by atoms with Gasteiger partial charge in [-0.3, -0.25) is 10.1 Å². The van der Waals surface area contributed by atoms with Crippen molar-refractivity contribution in [3.63, 3.8) is 0 Å². The largest absolute Gasteiger partial charge is 0.457 e. The second-order valence-corrected chi connectivity index (χ2v) is 9.64. The molecule has 0 spiro atoms. The van der Waals surface area contributed by atoms with Gasteiger partial charge in [0.2, 0.25) is 5.91 Å². The molecule has 2 aromatic heterocycles. The van der Waals surface area contributed by atoms with Crippen LogP contribution in [0.15, 0.2) is 89.4 Å². The molecule has 0 bridgehead atoms. The molecule has 8 heteroatoms. The van der Waals surface area contributed by atoms with E-state index in [0.29, 0.717) is 17.2 Å². The van der Waals surface area contributed by atoms with Gasteiger partial charge in [-0.25, -0.2) is 0 Å². The summed E-state index contributed by atoms with van der Waals surface area (Å²) in [7, 11) is 0. The number of nitrogens with one attached hydrogen (secondary N) is 2. The van der Waals surface area contributed by atoms with Gasteiger partial charge in [-0.2, -0.15) is 4.80 Å². The fourth-order valence-electron chi connectivity index (χ4n) is 3.98. The zero-order valence-corrected chi connectivity index (χ0v) is 22.1. The number of carbonyl (C=O) groups excluding carboxylic acids is 1. The van der Waals surface area contributed by atoms with Gasteiger partial charge in [-0.05, 0) is 78.7 Å². The number of aryl methyl sites for hydroxylation is 1. The summed E-state index contributed by atoms with van der Waals surface area (Å²) in [6.45, 7) is 6.27. The van der Waals surface area contributed by atoms with Crippen LogP contribution in [-0.2, 0) is 4.79 Å². The van der Waals surface area contributed by atoms with Crippen LogP contribution >= 0.6 is 12.2 Å². The molecule has 0 aliphatic rings. The number of carbonyl (C=O) groups is 1. The standard InChI is InChI=1S/C30H27N5O2S/c1-19(2)21-9-11-23(12-10-21)35-33-26-17-20(3)25(18-27(26)34-35)31-30(38)32-29(36)16-14-24-13-15-28(37-24)22-7-5-4-6-8-22/h4-19H,1-3H3,(H2,31,32,36,38)/b16-14+. The van der Waals surface area contributed by atoms with E-state index < -0.39 is 0 Å². The second-order valence-electron chi connectivity index (χ2n) is 9.24. The van der Waals surface area contributed by atoms with E-state index in [1.54, 1.807) is 10.9 Å². The normalized spacial score (nSPS) is 11.4. The van der Waals surface area contributed by atoms with Gasteiger partial charge in [0.15, 0.2) is 5.11 Å². The first kappa shape index (κ1) is 25.1. The van der Waals surface area contributed by atoms with Gasteiger partial charge >= 0.3 is 0 Å². The minimum absolute atomic E-state index is 0.184. The van der Waals surface area contributed by atoms with Crippen molar-refractivity contribution in [2.75, 3.05) is 5.32 Å². The Balaban J connectivity index is 1.23. The lowest BCUT2D eigenvalue weighted by Crippen LogP contribution is -2.33. The summed E-state index contributed by atoms with van der Waals surface area (Å²) in [6, 6.07) is 25.5. The summed E-state index contributed by atoms with van der Waals surface area (Å²) in [5.74, 6) is 1.40. The third-order valence-corrected chi connectivity index (χ3v) is 6.29. The molecule has 0 fully saturated rings. The molecule has 5 rings (SSSR count). The minimum Gasteiger partial charge on any atom is -0.457 e. The van der Waals surface area contributed by atoms with E-state index in [1.807, 2.05) is 73.7 Å². The number of thiocarbonyl (C=S) groups is 1. The molecule has 0 radical (unpaired) electrons. The average Bonchev–Trinajstić information content (AvgIpc) is 3.55. The third kappa shape index (κ3) is 5.71. The van der Waals surface area contributed by atoms with Crippen molar-refractivity contribution in [2.24, 2.45) is 0 Å². The Morgan fingerprint density at radius 2 is 1.68 bits per heavy atom. The number of hydrogen-bond donors (Lipinski definition) is 2. The SMILES string of the molecule is Cc1cc2nn(-c3ccc(C(C)C)cc3)nc2cc1NC(=S)NC(=O)/C=C/c1ccc(-c2ccccc2)o1. The smallest absolute Gasteiger partial charge is 0.250 e.